The monoisotopic (exact) mass is 434 g/mol. The Morgan fingerprint density at radius 1 is 0.818 bits per heavy atom. The van der Waals surface area contributed by atoms with E-state index in [2.05, 4.69) is 69.1 Å². The third-order valence-corrected chi connectivity index (χ3v) is 11.3. The fraction of sp³-hybridized carbons (Fsp3) is 0.800. The predicted molar refractivity (Wildman–Crippen MR) is 116 cm³/mol. The zero-order chi connectivity index (χ0) is 17.0. The Labute approximate surface area is 155 Å². The van der Waals surface area contributed by atoms with Crippen molar-refractivity contribution in [1.29, 1.82) is 0 Å². The van der Waals surface area contributed by atoms with E-state index in [1.54, 1.807) is 14.3 Å². The molecule has 2 heteroatoms. The molecule has 0 bridgehead atoms. The van der Waals surface area contributed by atoms with Crippen molar-refractivity contribution in [2.75, 3.05) is 0 Å². The topological polar surface area (TPSA) is 0 Å². The first-order chi connectivity index (χ1) is 10.3. The molecule has 0 aromatic rings. The fourth-order valence-corrected chi connectivity index (χ4v) is 4.26. The molecule has 0 saturated carbocycles. The van der Waals surface area contributed by atoms with Crippen molar-refractivity contribution in [3.05, 3.63) is 20.4 Å². The lowest BCUT2D eigenvalue weighted by atomic mass is 10.0. The molecule has 0 aliphatic carbocycles. The van der Waals surface area contributed by atoms with Crippen LogP contribution in [0.3, 0.4) is 0 Å². The molecule has 22 heavy (non-hydrogen) atoms. The molecule has 0 rings (SSSR count). The first kappa shape index (κ1) is 22.4. The fourth-order valence-electron chi connectivity index (χ4n) is 2.67. The van der Waals surface area contributed by atoms with Crippen LogP contribution in [0, 0.1) is 0 Å². The molecule has 0 aromatic carbocycles. The third kappa shape index (κ3) is 11.0. The number of rotatable bonds is 12. The van der Waals surface area contributed by atoms with E-state index >= 15 is 0 Å². The van der Waals surface area contributed by atoms with Crippen molar-refractivity contribution in [2.24, 2.45) is 0 Å². The van der Waals surface area contributed by atoms with Crippen molar-refractivity contribution in [3.8, 4) is 0 Å². The molecule has 0 N–H and O–H groups in total. The minimum absolute atomic E-state index is 1.18. The smallest absolute Gasteiger partial charge is 0.0730 e. The van der Waals surface area contributed by atoms with Gasteiger partial charge in [0, 0.05) is 0 Å². The van der Waals surface area contributed by atoms with Gasteiger partial charge >= 0.3 is 0 Å². The zero-order valence-corrected chi connectivity index (χ0v) is 19.2. The summed E-state index contributed by atoms with van der Waals surface area (Å²) >= 11 is 2.65. The summed E-state index contributed by atoms with van der Waals surface area (Å²) in [6.07, 6.45) is 16.1. The summed E-state index contributed by atoms with van der Waals surface area (Å²) in [7, 11) is -1.18. The number of unbranched alkanes of at least 4 members (excludes halogenated alkanes) is 6. The van der Waals surface area contributed by atoms with Crippen LogP contribution in [0.2, 0.25) is 19.6 Å². The molecular formula is C20H39ISi. The lowest BCUT2D eigenvalue weighted by Crippen LogP contribution is -2.21. The van der Waals surface area contributed by atoms with Crippen molar-refractivity contribution in [1.82, 2.24) is 0 Å². The Morgan fingerprint density at radius 3 is 1.77 bits per heavy atom. The van der Waals surface area contributed by atoms with Gasteiger partial charge < -0.3 is 0 Å². The average Bonchev–Trinajstić information content (AvgIpc) is 2.45. The van der Waals surface area contributed by atoms with E-state index in [9.17, 15) is 0 Å². The Bertz CT molecular complexity index is 347. The van der Waals surface area contributed by atoms with Crippen LogP contribution in [-0.2, 0) is 0 Å². The Hall–Kier alpha value is 0.427. The van der Waals surface area contributed by atoms with Crippen LogP contribution >= 0.6 is 22.6 Å². The van der Waals surface area contributed by atoms with Gasteiger partial charge in [-0.05, 0) is 41.4 Å². The molecule has 130 valence electrons. The zero-order valence-electron chi connectivity index (χ0n) is 16.0. The minimum Gasteiger partial charge on any atom is -0.0730 e. The van der Waals surface area contributed by atoms with Gasteiger partial charge in [-0.25, -0.2) is 0 Å². The lowest BCUT2D eigenvalue weighted by Gasteiger charge is -2.20. The highest BCUT2D eigenvalue weighted by molar-refractivity contribution is 14.1. The average molecular weight is 435 g/mol. The highest BCUT2D eigenvalue weighted by Gasteiger charge is 2.20. The molecule has 0 spiro atoms. The standard InChI is InChI=1S/C20H39ISi/c1-7-9-11-13-15-18(3)17-19(16-14-12-10-8-2)20(21)22(4,5)6/h17H,7-16H2,1-6H3/b18-17+,20-19-. The summed E-state index contributed by atoms with van der Waals surface area (Å²) in [5.41, 5.74) is 3.25. The molecule has 0 aliphatic rings. The van der Waals surface area contributed by atoms with Gasteiger partial charge in [-0.2, -0.15) is 0 Å². The predicted octanol–water partition coefficient (Wildman–Crippen LogP) is 8.44. The molecule has 0 saturated heterocycles. The summed E-state index contributed by atoms with van der Waals surface area (Å²) in [4.78, 5) is 0. The van der Waals surface area contributed by atoms with Gasteiger partial charge in [0.05, 0.1) is 8.07 Å². The SMILES string of the molecule is CCCCCC/C(C)=C/C(CCCCCC)=C(/I)[Si](C)(C)C. The van der Waals surface area contributed by atoms with Crippen LogP contribution in [0.4, 0.5) is 0 Å². The summed E-state index contributed by atoms with van der Waals surface area (Å²) in [6.45, 7) is 14.4. The molecule has 0 atom stereocenters. The lowest BCUT2D eigenvalue weighted by molar-refractivity contribution is 0.660. The normalized spacial score (nSPS) is 14.2. The highest BCUT2D eigenvalue weighted by Crippen LogP contribution is 2.30. The van der Waals surface area contributed by atoms with Crippen LogP contribution in [0.5, 0.6) is 0 Å². The number of allylic oxidation sites excluding steroid dienone is 3. The van der Waals surface area contributed by atoms with Crippen LogP contribution in [0.1, 0.15) is 85.0 Å². The molecule has 0 nitrogen and oxygen atoms in total. The van der Waals surface area contributed by atoms with Crippen LogP contribution in [0.25, 0.3) is 0 Å². The van der Waals surface area contributed by atoms with Crippen molar-refractivity contribution in [2.45, 2.75) is 105 Å². The summed E-state index contributed by atoms with van der Waals surface area (Å²) in [6, 6.07) is 0. The first-order valence-corrected chi connectivity index (χ1v) is 14.0. The number of hydrogen-bond acceptors (Lipinski definition) is 0. The second-order valence-corrected chi connectivity index (χ2v) is 14.8. The minimum atomic E-state index is -1.18. The number of hydrogen-bond donors (Lipinski definition) is 0. The van der Waals surface area contributed by atoms with Gasteiger partial charge in [0.2, 0.25) is 0 Å². The van der Waals surface area contributed by atoms with Gasteiger partial charge in [-0.3, -0.25) is 0 Å². The quantitative estimate of drug-likeness (QED) is 0.125. The maximum absolute atomic E-state index is 2.65. The maximum atomic E-state index is 2.65. The van der Waals surface area contributed by atoms with Crippen LogP contribution in [-0.4, -0.2) is 8.07 Å². The van der Waals surface area contributed by atoms with Gasteiger partial charge in [0.1, 0.15) is 0 Å². The second-order valence-electron chi connectivity index (χ2n) is 7.70. The maximum Gasteiger partial charge on any atom is 0.0858 e. The van der Waals surface area contributed by atoms with E-state index in [-0.39, 0.29) is 0 Å². The molecular weight excluding hydrogens is 395 g/mol. The van der Waals surface area contributed by atoms with Crippen molar-refractivity contribution < 1.29 is 0 Å². The Balaban J connectivity index is 4.77. The van der Waals surface area contributed by atoms with E-state index in [0.717, 1.165) is 0 Å². The highest BCUT2D eigenvalue weighted by atomic mass is 127. The molecule has 0 aliphatic heterocycles. The largest absolute Gasteiger partial charge is 0.0858 e. The van der Waals surface area contributed by atoms with E-state index in [0.29, 0.717) is 0 Å². The van der Waals surface area contributed by atoms with Gasteiger partial charge in [0.25, 0.3) is 0 Å². The molecule has 0 heterocycles. The third-order valence-electron chi connectivity index (χ3n) is 4.09. The summed E-state index contributed by atoms with van der Waals surface area (Å²) < 4.78 is 1.69. The van der Waals surface area contributed by atoms with Crippen molar-refractivity contribution in [3.63, 3.8) is 0 Å². The molecule has 0 fully saturated rings. The van der Waals surface area contributed by atoms with E-state index < -0.39 is 8.07 Å². The van der Waals surface area contributed by atoms with Crippen LogP contribution in [0.15, 0.2) is 20.4 Å². The van der Waals surface area contributed by atoms with Crippen LogP contribution < -0.4 is 0 Å². The Morgan fingerprint density at radius 2 is 1.32 bits per heavy atom. The molecule has 0 radical (unpaired) electrons. The Kier molecular flexibility index (Phi) is 13.1. The van der Waals surface area contributed by atoms with E-state index in [1.165, 1.54) is 64.2 Å². The van der Waals surface area contributed by atoms with Gasteiger partial charge in [0.15, 0.2) is 0 Å². The number of halogens is 1. The van der Waals surface area contributed by atoms with E-state index in [4.69, 9.17) is 0 Å². The second kappa shape index (κ2) is 12.8. The van der Waals surface area contributed by atoms with Gasteiger partial charge in [-0.1, -0.05) is 106 Å². The van der Waals surface area contributed by atoms with Gasteiger partial charge in [-0.15, -0.1) is 0 Å². The summed E-state index contributed by atoms with van der Waals surface area (Å²) in [5.74, 6) is 0. The summed E-state index contributed by atoms with van der Waals surface area (Å²) in [5, 5.41) is 0. The van der Waals surface area contributed by atoms with E-state index in [1.807, 2.05) is 0 Å². The van der Waals surface area contributed by atoms with Crippen molar-refractivity contribution >= 4 is 30.7 Å². The molecule has 0 aromatic heterocycles. The first-order valence-electron chi connectivity index (χ1n) is 9.39. The molecule has 0 amide bonds. The molecule has 0 unspecified atom stereocenters.